The van der Waals surface area contributed by atoms with E-state index in [2.05, 4.69) is 26.2 Å². The SMILES string of the molecule is COc1c(Oc2ncc(Br)cc2C(=O)Nc2cccc(C(N)=O)c2)ccc(F)c1F. The summed E-state index contributed by atoms with van der Waals surface area (Å²) in [6.45, 7) is 0. The Morgan fingerprint density at radius 3 is 2.63 bits per heavy atom. The number of benzene rings is 2. The van der Waals surface area contributed by atoms with E-state index < -0.39 is 29.2 Å². The van der Waals surface area contributed by atoms with E-state index in [4.69, 9.17) is 15.2 Å². The van der Waals surface area contributed by atoms with Gasteiger partial charge in [0, 0.05) is 21.9 Å². The molecule has 0 fully saturated rings. The lowest BCUT2D eigenvalue weighted by atomic mass is 10.2. The molecule has 2 amide bonds. The summed E-state index contributed by atoms with van der Waals surface area (Å²) in [6, 6.07) is 9.47. The van der Waals surface area contributed by atoms with Crippen molar-refractivity contribution in [2.45, 2.75) is 0 Å². The summed E-state index contributed by atoms with van der Waals surface area (Å²) in [5, 5.41) is 2.60. The summed E-state index contributed by atoms with van der Waals surface area (Å²) < 4.78 is 38.3. The third kappa shape index (κ3) is 4.54. The van der Waals surface area contributed by atoms with Crippen LogP contribution in [0.4, 0.5) is 14.5 Å². The van der Waals surface area contributed by atoms with Crippen LogP contribution >= 0.6 is 15.9 Å². The van der Waals surface area contributed by atoms with Crippen LogP contribution in [0.5, 0.6) is 17.4 Å². The van der Waals surface area contributed by atoms with Crippen molar-refractivity contribution in [3.8, 4) is 17.4 Å². The number of amides is 2. The van der Waals surface area contributed by atoms with Gasteiger partial charge in [0.05, 0.1) is 7.11 Å². The summed E-state index contributed by atoms with van der Waals surface area (Å²) in [5.74, 6) is -4.44. The maximum absolute atomic E-state index is 14.0. The number of hydrogen-bond donors (Lipinski definition) is 2. The maximum Gasteiger partial charge on any atom is 0.261 e. The number of nitrogens with zero attached hydrogens (tertiary/aromatic N) is 1. The second-order valence-electron chi connectivity index (χ2n) is 5.90. The molecule has 1 aromatic heterocycles. The number of halogens is 3. The van der Waals surface area contributed by atoms with Gasteiger partial charge in [-0.05, 0) is 52.3 Å². The van der Waals surface area contributed by atoms with Crippen molar-refractivity contribution in [3.05, 3.63) is 75.9 Å². The predicted octanol–water partition coefficient (Wildman–Crippen LogP) is 4.27. The molecular weight excluding hydrogens is 464 g/mol. The fourth-order valence-electron chi connectivity index (χ4n) is 2.51. The van der Waals surface area contributed by atoms with Gasteiger partial charge in [0.1, 0.15) is 5.56 Å². The summed E-state index contributed by atoms with van der Waals surface area (Å²) in [7, 11) is 1.15. The van der Waals surface area contributed by atoms with Crippen molar-refractivity contribution in [1.29, 1.82) is 0 Å². The van der Waals surface area contributed by atoms with Crippen LogP contribution in [-0.2, 0) is 0 Å². The number of aromatic nitrogens is 1. The van der Waals surface area contributed by atoms with Crippen molar-refractivity contribution < 1.29 is 27.8 Å². The van der Waals surface area contributed by atoms with Crippen molar-refractivity contribution in [2.24, 2.45) is 5.73 Å². The molecule has 3 N–H and O–H groups in total. The molecule has 3 rings (SSSR count). The van der Waals surface area contributed by atoms with E-state index in [1.807, 2.05) is 0 Å². The molecule has 0 spiro atoms. The highest BCUT2D eigenvalue weighted by Crippen LogP contribution is 2.36. The Morgan fingerprint density at radius 1 is 1.17 bits per heavy atom. The molecule has 7 nitrogen and oxygen atoms in total. The Balaban J connectivity index is 1.94. The molecule has 0 saturated carbocycles. The Morgan fingerprint density at radius 2 is 1.93 bits per heavy atom. The number of hydrogen-bond acceptors (Lipinski definition) is 5. The second-order valence-corrected chi connectivity index (χ2v) is 6.82. The number of nitrogens with one attached hydrogen (secondary N) is 1. The largest absolute Gasteiger partial charge is 0.490 e. The molecule has 2 aromatic carbocycles. The zero-order valence-electron chi connectivity index (χ0n) is 15.4. The lowest BCUT2D eigenvalue weighted by Gasteiger charge is -2.14. The number of primary amides is 1. The first-order valence-electron chi connectivity index (χ1n) is 8.36. The van der Waals surface area contributed by atoms with Crippen LogP contribution in [0.3, 0.4) is 0 Å². The molecule has 0 unspecified atom stereocenters. The average Bonchev–Trinajstić information content (AvgIpc) is 2.72. The number of methoxy groups -OCH3 is 1. The summed E-state index contributed by atoms with van der Waals surface area (Å²) in [5.41, 5.74) is 5.76. The fraction of sp³-hybridized carbons (Fsp3) is 0.0500. The van der Waals surface area contributed by atoms with Gasteiger partial charge in [-0.2, -0.15) is 4.39 Å². The average molecular weight is 478 g/mol. The van der Waals surface area contributed by atoms with Gasteiger partial charge >= 0.3 is 0 Å². The van der Waals surface area contributed by atoms with Crippen LogP contribution in [0.1, 0.15) is 20.7 Å². The van der Waals surface area contributed by atoms with E-state index in [1.165, 1.54) is 24.4 Å². The van der Waals surface area contributed by atoms with Crippen molar-refractivity contribution in [2.75, 3.05) is 12.4 Å². The third-order valence-electron chi connectivity index (χ3n) is 3.89. The van der Waals surface area contributed by atoms with Gasteiger partial charge < -0.3 is 20.5 Å². The number of carbonyl (C=O) groups excluding carboxylic acids is 2. The van der Waals surface area contributed by atoms with Gasteiger partial charge in [-0.15, -0.1) is 0 Å². The third-order valence-corrected chi connectivity index (χ3v) is 4.33. The Hall–Kier alpha value is -3.53. The molecule has 0 radical (unpaired) electrons. The van der Waals surface area contributed by atoms with Crippen LogP contribution in [0, 0.1) is 11.6 Å². The maximum atomic E-state index is 14.0. The van der Waals surface area contributed by atoms with E-state index in [0.29, 0.717) is 10.2 Å². The van der Waals surface area contributed by atoms with Gasteiger partial charge in [-0.1, -0.05) is 6.07 Å². The van der Waals surface area contributed by atoms with Crippen LogP contribution in [0.25, 0.3) is 0 Å². The molecule has 10 heteroatoms. The van der Waals surface area contributed by atoms with Crippen molar-refractivity contribution in [1.82, 2.24) is 4.98 Å². The standard InChI is InChI=1S/C20H14BrF2N3O4/c1-29-17-15(6-5-14(22)16(17)23)30-20-13(8-11(21)9-25-20)19(28)26-12-4-2-3-10(7-12)18(24)27/h2-9H,1H3,(H2,24,27)(H,26,28). The van der Waals surface area contributed by atoms with E-state index in [0.717, 1.165) is 19.2 Å². The van der Waals surface area contributed by atoms with E-state index in [-0.39, 0.29) is 22.8 Å². The zero-order valence-corrected chi connectivity index (χ0v) is 17.0. The minimum atomic E-state index is -1.23. The monoisotopic (exact) mass is 477 g/mol. The first kappa shape index (κ1) is 21.2. The molecule has 0 aliphatic heterocycles. The van der Waals surface area contributed by atoms with E-state index in [1.54, 1.807) is 12.1 Å². The zero-order chi connectivity index (χ0) is 21.8. The molecule has 0 aliphatic rings. The minimum absolute atomic E-state index is 0.0133. The predicted molar refractivity (Wildman–Crippen MR) is 108 cm³/mol. The summed E-state index contributed by atoms with van der Waals surface area (Å²) in [6.07, 6.45) is 1.37. The fourth-order valence-corrected chi connectivity index (χ4v) is 2.84. The first-order valence-corrected chi connectivity index (χ1v) is 9.16. The number of rotatable bonds is 6. The number of nitrogens with two attached hydrogens (primary N) is 1. The molecule has 30 heavy (non-hydrogen) atoms. The molecule has 0 aliphatic carbocycles. The molecule has 0 bridgehead atoms. The number of anilines is 1. The van der Waals surface area contributed by atoms with Gasteiger partial charge in [-0.3, -0.25) is 9.59 Å². The van der Waals surface area contributed by atoms with Crippen LogP contribution in [-0.4, -0.2) is 23.9 Å². The second kappa shape index (κ2) is 8.87. The molecule has 3 aromatic rings. The summed E-state index contributed by atoms with van der Waals surface area (Å²) in [4.78, 5) is 28.2. The molecule has 0 saturated heterocycles. The Kier molecular flexibility index (Phi) is 6.26. The number of ether oxygens (including phenoxy) is 2. The van der Waals surface area contributed by atoms with Crippen LogP contribution in [0.15, 0.2) is 53.1 Å². The highest BCUT2D eigenvalue weighted by Gasteiger charge is 2.21. The lowest BCUT2D eigenvalue weighted by molar-refractivity contribution is 0.0995. The first-order chi connectivity index (χ1) is 14.3. The minimum Gasteiger partial charge on any atom is -0.490 e. The number of pyridine rings is 1. The highest BCUT2D eigenvalue weighted by molar-refractivity contribution is 9.10. The smallest absolute Gasteiger partial charge is 0.261 e. The van der Waals surface area contributed by atoms with E-state index >= 15 is 0 Å². The van der Waals surface area contributed by atoms with Gasteiger partial charge in [0.15, 0.2) is 11.6 Å². The quantitative estimate of drug-likeness (QED) is 0.551. The van der Waals surface area contributed by atoms with Crippen LogP contribution < -0.4 is 20.5 Å². The van der Waals surface area contributed by atoms with Crippen molar-refractivity contribution in [3.63, 3.8) is 0 Å². The molecule has 0 atom stereocenters. The highest BCUT2D eigenvalue weighted by atomic mass is 79.9. The topological polar surface area (TPSA) is 104 Å². The van der Waals surface area contributed by atoms with Gasteiger partial charge in [0.25, 0.3) is 5.91 Å². The van der Waals surface area contributed by atoms with Gasteiger partial charge in [0.2, 0.25) is 23.4 Å². The van der Waals surface area contributed by atoms with Crippen LogP contribution in [0.2, 0.25) is 0 Å². The molecular formula is C20H14BrF2N3O4. The number of carbonyl (C=O) groups is 2. The molecule has 1 heterocycles. The Bertz CT molecular complexity index is 1140. The molecule has 154 valence electrons. The van der Waals surface area contributed by atoms with Crippen molar-refractivity contribution >= 4 is 33.4 Å². The van der Waals surface area contributed by atoms with E-state index in [9.17, 15) is 18.4 Å². The lowest BCUT2D eigenvalue weighted by Crippen LogP contribution is -2.15. The normalized spacial score (nSPS) is 10.4. The van der Waals surface area contributed by atoms with Gasteiger partial charge in [-0.25, -0.2) is 9.37 Å². The summed E-state index contributed by atoms with van der Waals surface area (Å²) >= 11 is 3.22. The Labute approximate surface area is 177 Å².